The lowest BCUT2D eigenvalue weighted by atomic mass is 9.97. The molecule has 1 fully saturated rings. The molecule has 1 aliphatic heterocycles. The maximum Gasteiger partial charge on any atom is 0.138 e. The smallest absolute Gasteiger partial charge is 0.138 e. The molecule has 1 aromatic carbocycles. The Kier molecular flexibility index (Phi) is 4.63. The van der Waals surface area contributed by atoms with Gasteiger partial charge in [-0.2, -0.15) is 0 Å². The van der Waals surface area contributed by atoms with Crippen LogP contribution in [0.15, 0.2) is 18.2 Å². The van der Waals surface area contributed by atoms with Gasteiger partial charge in [-0.1, -0.05) is 11.6 Å². The molecule has 1 aliphatic rings. The van der Waals surface area contributed by atoms with E-state index in [1.54, 1.807) is 6.07 Å². The number of rotatable bonds is 4. The summed E-state index contributed by atoms with van der Waals surface area (Å²) in [5, 5.41) is 3.71. The Morgan fingerprint density at radius 2 is 2.35 bits per heavy atom. The summed E-state index contributed by atoms with van der Waals surface area (Å²) in [5.74, 6) is 0.915. The van der Waals surface area contributed by atoms with Gasteiger partial charge in [-0.3, -0.25) is 0 Å². The van der Waals surface area contributed by atoms with Gasteiger partial charge in [0.2, 0.25) is 0 Å². The lowest BCUT2D eigenvalue weighted by Crippen LogP contribution is -2.30. The monoisotopic (exact) mass is 257 g/mol. The first-order chi connectivity index (χ1) is 8.25. The zero-order chi connectivity index (χ0) is 12.1. The van der Waals surface area contributed by atoms with Crippen LogP contribution in [0.5, 0.6) is 5.75 Å². The minimum atomic E-state index is -0.334. The molecule has 0 aliphatic carbocycles. The van der Waals surface area contributed by atoms with Crippen LogP contribution in [-0.2, 0) is 0 Å². The van der Waals surface area contributed by atoms with Crippen molar-refractivity contribution in [2.75, 3.05) is 19.7 Å². The highest BCUT2D eigenvalue weighted by molar-refractivity contribution is 6.32. The topological polar surface area (TPSA) is 21.3 Å². The summed E-state index contributed by atoms with van der Waals surface area (Å²) in [6, 6.07) is 4.22. The lowest BCUT2D eigenvalue weighted by Gasteiger charge is -2.22. The Labute approximate surface area is 106 Å². The standard InChI is InChI=1S/C13H17ClFNO/c14-12-8-11(15)3-4-13(12)17-7-5-10-2-1-6-16-9-10/h3-4,8,10,16H,1-2,5-7,9H2/t10-/m1/s1. The van der Waals surface area contributed by atoms with E-state index in [1.807, 2.05) is 0 Å². The van der Waals surface area contributed by atoms with Crippen LogP contribution >= 0.6 is 11.6 Å². The van der Waals surface area contributed by atoms with Gasteiger partial charge in [-0.05, 0) is 56.5 Å². The van der Waals surface area contributed by atoms with Crippen molar-refractivity contribution in [2.45, 2.75) is 19.3 Å². The minimum absolute atomic E-state index is 0.334. The minimum Gasteiger partial charge on any atom is -0.492 e. The summed E-state index contributed by atoms with van der Waals surface area (Å²) >= 11 is 5.87. The van der Waals surface area contributed by atoms with Crippen molar-refractivity contribution >= 4 is 11.6 Å². The molecule has 0 spiro atoms. The van der Waals surface area contributed by atoms with E-state index < -0.39 is 0 Å². The molecule has 0 unspecified atom stereocenters. The molecule has 0 saturated carbocycles. The number of benzene rings is 1. The molecule has 94 valence electrons. The molecule has 0 radical (unpaired) electrons. The van der Waals surface area contributed by atoms with E-state index in [2.05, 4.69) is 5.32 Å². The molecule has 17 heavy (non-hydrogen) atoms. The molecule has 4 heteroatoms. The van der Waals surface area contributed by atoms with Crippen molar-refractivity contribution in [3.8, 4) is 5.75 Å². The third-order valence-corrected chi connectivity index (χ3v) is 3.37. The average molecular weight is 258 g/mol. The van der Waals surface area contributed by atoms with Gasteiger partial charge in [0.15, 0.2) is 0 Å². The second kappa shape index (κ2) is 6.22. The van der Waals surface area contributed by atoms with Crippen LogP contribution < -0.4 is 10.1 Å². The second-order valence-electron chi connectivity index (χ2n) is 4.42. The van der Waals surface area contributed by atoms with Crippen LogP contribution in [0.25, 0.3) is 0 Å². The number of halogens is 2. The van der Waals surface area contributed by atoms with E-state index in [0.717, 1.165) is 19.5 Å². The van der Waals surface area contributed by atoms with E-state index in [4.69, 9.17) is 16.3 Å². The molecule has 1 saturated heterocycles. The highest BCUT2D eigenvalue weighted by Crippen LogP contribution is 2.25. The largest absolute Gasteiger partial charge is 0.492 e. The quantitative estimate of drug-likeness (QED) is 0.894. The summed E-state index contributed by atoms with van der Waals surface area (Å²) in [5.41, 5.74) is 0. The van der Waals surface area contributed by atoms with Gasteiger partial charge in [0.1, 0.15) is 11.6 Å². The van der Waals surface area contributed by atoms with Crippen LogP contribution in [0.4, 0.5) is 4.39 Å². The van der Waals surface area contributed by atoms with E-state index in [-0.39, 0.29) is 5.82 Å². The number of hydrogen-bond donors (Lipinski definition) is 1. The maximum absolute atomic E-state index is 12.8. The molecule has 1 atom stereocenters. The molecule has 2 rings (SSSR count). The zero-order valence-corrected chi connectivity index (χ0v) is 10.5. The van der Waals surface area contributed by atoms with Crippen LogP contribution in [0.3, 0.4) is 0 Å². The lowest BCUT2D eigenvalue weighted by molar-refractivity contribution is 0.254. The van der Waals surface area contributed by atoms with Crippen molar-refractivity contribution < 1.29 is 9.13 Å². The normalized spacial score (nSPS) is 20.2. The first-order valence-corrected chi connectivity index (χ1v) is 6.42. The summed E-state index contributed by atoms with van der Waals surface area (Å²) in [6.45, 7) is 2.83. The Bertz CT molecular complexity index is 366. The number of ether oxygens (including phenoxy) is 1. The fourth-order valence-corrected chi connectivity index (χ4v) is 2.32. The zero-order valence-electron chi connectivity index (χ0n) is 9.72. The Hall–Kier alpha value is -0.800. The molecule has 1 heterocycles. The van der Waals surface area contributed by atoms with Gasteiger partial charge in [0.25, 0.3) is 0 Å². The first kappa shape index (κ1) is 12.7. The van der Waals surface area contributed by atoms with E-state index in [9.17, 15) is 4.39 Å². The molecular weight excluding hydrogens is 241 g/mol. The van der Waals surface area contributed by atoms with Crippen molar-refractivity contribution in [2.24, 2.45) is 5.92 Å². The van der Waals surface area contributed by atoms with Gasteiger partial charge in [-0.15, -0.1) is 0 Å². The SMILES string of the molecule is Fc1ccc(OCC[C@H]2CCCNC2)c(Cl)c1. The van der Waals surface area contributed by atoms with Crippen molar-refractivity contribution in [1.29, 1.82) is 0 Å². The van der Waals surface area contributed by atoms with E-state index in [0.29, 0.717) is 23.3 Å². The Morgan fingerprint density at radius 1 is 1.47 bits per heavy atom. The summed E-state index contributed by atoms with van der Waals surface area (Å²) in [7, 11) is 0. The molecular formula is C13H17ClFNO. The maximum atomic E-state index is 12.8. The number of nitrogens with one attached hydrogen (secondary N) is 1. The van der Waals surface area contributed by atoms with Crippen LogP contribution in [0.1, 0.15) is 19.3 Å². The van der Waals surface area contributed by atoms with Crippen molar-refractivity contribution in [3.05, 3.63) is 29.0 Å². The van der Waals surface area contributed by atoms with Gasteiger partial charge in [-0.25, -0.2) is 4.39 Å². The van der Waals surface area contributed by atoms with Crippen molar-refractivity contribution in [1.82, 2.24) is 5.32 Å². The summed E-state index contributed by atoms with van der Waals surface area (Å²) < 4.78 is 18.4. The van der Waals surface area contributed by atoms with Crippen LogP contribution in [0, 0.1) is 11.7 Å². The number of piperidine rings is 1. The predicted molar refractivity (Wildman–Crippen MR) is 67.1 cm³/mol. The van der Waals surface area contributed by atoms with Gasteiger partial charge >= 0.3 is 0 Å². The van der Waals surface area contributed by atoms with Crippen LogP contribution in [0.2, 0.25) is 5.02 Å². The fraction of sp³-hybridized carbons (Fsp3) is 0.538. The van der Waals surface area contributed by atoms with Gasteiger partial charge in [0, 0.05) is 0 Å². The molecule has 0 aromatic heterocycles. The first-order valence-electron chi connectivity index (χ1n) is 6.04. The predicted octanol–water partition coefficient (Wildman–Crippen LogP) is 3.25. The summed E-state index contributed by atoms with van der Waals surface area (Å²) in [6.07, 6.45) is 3.51. The van der Waals surface area contributed by atoms with Gasteiger partial charge in [0.05, 0.1) is 11.6 Å². The average Bonchev–Trinajstić information content (AvgIpc) is 2.33. The molecule has 1 N–H and O–H groups in total. The third kappa shape index (κ3) is 3.86. The van der Waals surface area contributed by atoms with Crippen LogP contribution in [-0.4, -0.2) is 19.7 Å². The van der Waals surface area contributed by atoms with Gasteiger partial charge < -0.3 is 10.1 Å². The molecule has 0 amide bonds. The molecule has 1 aromatic rings. The summed E-state index contributed by atoms with van der Waals surface area (Å²) in [4.78, 5) is 0. The highest BCUT2D eigenvalue weighted by Gasteiger charge is 2.13. The Morgan fingerprint density at radius 3 is 3.06 bits per heavy atom. The second-order valence-corrected chi connectivity index (χ2v) is 4.83. The molecule has 0 bridgehead atoms. The van der Waals surface area contributed by atoms with E-state index in [1.165, 1.54) is 25.0 Å². The van der Waals surface area contributed by atoms with Crippen molar-refractivity contribution in [3.63, 3.8) is 0 Å². The Balaban J connectivity index is 1.77. The third-order valence-electron chi connectivity index (χ3n) is 3.08. The fourth-order valence-electron chi connectivity index (χ4n) is 2.10. The van der Waals surface area contributed by atoms with E-state index >= 15 is 0 Å². The number of hydrogen-bond acceptors (Lipinski definition) is 2. The molecule has 2 nitrogen and oxygen atoms in total. The highest BCUT2D eigenvalue weighted by atomic mass is 35.5.